The largest absolute Gasteiger partial charge is 0.497 e. The fourth-order valence-electron chi connectivity index (χ4n) is 4.71. The van der Waals surface area contributed by atoms with Crippen LogP contribution in [0.2, 0.25) is 0 Å². The fourth-order valence-corrected chi connectivity index (χ4v) is 4.71. The van der Waals surface area contributed by atoms with Crippen molar-refractivity contribution in [3.63, 3.8) is 0 Å². The van der Waals surface area contributed by atoms with Gasteiger partial charge in [-0.25, -0.2) is 0 Å². The Bertz CT molecular complexity index is 745. The molecule has 0 spiro atoms. The van der Waals surface area contributed by atoms with Crippen molar-refractivity contribution in [2.75, 3.05) is 47.9 Å². The third-order valence-electron chi connectivity index (χ3n) is 6.58. The standard InChI is InChI=1S/C24H39N5O2/c1-25-24(26-16-22(28(2)3)19-11-8-12-21(15-19)31-4)27-20-13-14-29(17-20)23(30)18-9-6-5-7-10-18/h8,11-12,15,18,20,22H,5-7,9-10,13-14,16-17H2,1-4H3,(H2,25,26,27). The molecule has 1 saturated heterocycles. The predicted molar refractivity (Wildman–Crippen MR) is 125 cm³/mol. The van der Waals surface area contributed by atoms with Gasteiger partial charge < -0.3 is 25.2 Å². The maximum atomic E-state index is 12.8. The number of carbonyl (C=O) groups excluding carboxylic acids is 1. The molecule has 1 aromatic rings. The zero-order chi connectivity index (χ0) is 22.2. The molecular weight excluding hydrogens is 390 g/mol. The first-order valence-electron chi connectivity index (χ1n) is 11.6. The number of nitrogens with one attached hydrogen (secondary N) is 2. The number of methoxy groups -OCH3 is 1. The molecule has 3 rings (SSSR count). The summed E-state index contributed by atoms with van der Waals surface area (Å²) in [4.78, 5) is 21.5. The smallest absolute Gasteiger partial charge is 0.225 e. The Kier molecular flexibility index (Phi) is 8.58. The van der Waals surface area contributed by atoms with E-state index in [1.54, 1.807) is 14.2 Å². The summed E-state index contributed by atoms with van der Waals surface area (Å²) in [6.07, 6.45) is 6.76. The number of hydrogen-bond acceptors (Lipinski definition) is 4. The topological polar surface area (TPSA) is 69.2 Å². The van der Waals surface area contributed by atoms with Gasteiger partial charge in [0.15, 0.2) is 5.96 Å². The minimum Gasteiger partial charge on any atom is -0.497 e. The molecule has 1 saturated carbocycles. The lowest BCUT2D eigenvalue weighted by atomic mass is 9.88. The molecule has 1 aliphatic carbocycles. The molecule has 0 aromatic heterocycles. The van der Waals surface area contributed by atoms with Gasteiger partial charge in [-0.05, 0) is 51.1 Å². The van der Waals surface area contributed by atoms with Gasteiger partial charge in [0.1, 0.15) is 5.75 Å². The van der Waals surface area contributed by atoms with Gasteiger partial charge in [-0.2, -0.15) is 0 Å². The Morgan fingerprint density at radius 3 is 2.71 bits per heavy atom. The third kappa shape index (κ3) is 6.35. The number of ether oxygens (including phenoxy) is 1. The molecule has 2 fully saturated rings. The summed E-state index contributed by atoms with van der Waals surface area (Å²) in [5.41, 5.74) is 1.19. The van der Waals surface area contributed by atoms with Crippen LogP contribution in [0.3, 0.4) is 0 Å². The van der Waals surface area contributed by atoms with Crippen LogP contribution in [0, 0.1) is 5.92 Å². The van der Waals surface area contributed by atoms with Gasteiger partial charge in [-0.15, -0.1) is 0 Å². The van der Waals surface area contributed by atoms with Crippen LogP contribution < -0.4 is 15.4 Å². The molecule has 1 aliphatic heterocycles. The number of carbonyl (C=O) groups is 1. The second kappa shape index (κ2) is 11.4. The van der Waals surface area contributed by atoms with Crippen molar-refractivity contribution in [2.45, 2.75) is 50.6 Å². The molecule has 31 heavy (non-hydrogen) atoms. The number of hydrogen-bond donors (Lipinski definition) is 2. The summed E-state index contributed by atoms with van der Waals surface area (Å²) in [6.45, 7) is 2.33. The number of aliphatic imine (C=N–C) groups is 1. The lowest BCUT2D eigenvalue weighted by Crippen LogP contribution is -2.47. The average molecular weight is 430 g/mol. The fraction of sp³-hybridized carbons (Fsp3) is 0.667. The SMILES string of the molecule is CN=C(NCC(c1cccc(OC)c1)N(C)C)NC1CCN(C(=O)C2CCCCC2)C1. The number of guanidine groups is 1. The molecule has 7 heteroatoms. The van der Waals surface area contributed by atoms with E-state index >= 15 is 0 Å². The van der Waals surface area contributed by atoms with E-state index in [9.17, 15) is 4.79 Å². The number of amides is 1. The van der Waals surface area contributed by atoms with E-state index in [0.29, 0.717) is 5.91 Å². The zero-order valence-electron chi connectivity index (χ0n) is 19.6. The van der Waals surface area contributed by atoms with Crippen molar-refractivity contribution < 1.29 is 9.53 Å². The van der Waals surface area contributed by atoms with E-state index in [4.69, 9.17) is 4.74 Å². The van der Waals surface area contributed by atoms with Crippen molar-refractivity contribution in [1.82, 2.24) is 20.4 Å². The van der Waals surface area contributed by atoms with E-state index in [1.165, 1.54) is 24.8 Å². The molecule has 7 nitrogen and oxygen atoms in total. The van der Waals surface area contributed by atoms with Gasteiger partial charge >= 0.3 is 0 Å². The van der Waals surface area contributed by atoms with Crippen LogP contribution in [0.25, 0.3) is 0 Å². The van der Waals surface area contributed by atoms with Gasteiger partial charge in [0, 0.05) is 38.6 Å². The molecule has 1 aromatic carbocycles. The highest BCUT2D eigenvalue weighted by atomic mass is 16.5. The number of nitrogens with zero attached hydrogens (tertiary/aromatic N) is 3. The second-order valence-corrected chi connectivity index (χ2v) is 8.96. The summed E-state index contributed by atoms with van der Waals surface area (Å²) in [7, 11) is 7.64. The number of likely N-dealkylation sites (N-methyl/N-ethyl adjacent to an activating group) is 1. The maximum absolute atomic E-state index is 12.8. The van der Waals surface area contributed by atoms with Crippen LogP contribution in [-0.4, -0.2) is 75.6 Å². The monoisotopic (exact) mass is 429 g/mol. The van der Waals surface area contributed by atoms with Crippen LogP contribution >= 0.6 is 0 Å². The molecule has 2 N–H and O–H groups in total. The summed E-state index contributed by atoms with van der Waals surface area (Å²) < 4.78 is 5.39. The number of likely N-dealkylation sites (tertiary alicyclic amines) is 1. The zero-order valence-corrected chi connectivity index (χ0v) is 19.6. The lowest BCUT2D eigenvalue weighted by Gasteiger charge is -2.27. The van der Waals surface area contributed by atoms with E-state index in [2.05, 4.69) is 51.7 Å². The van der Waals surface area contributed by atoms with Gasteiger partial charge in [0.05, 0.1) is 13.2 Å². The summed E-state index contributed by atoms with van der Waals surface area (Å²) >= 11 is 0. The van der Waals surface area contributed by atoms with E-state index in [1.807, 2.05) is 12.1 Å². The van der Waals surface area contributed by atoms with Crippen LogP contribution in [-0.2, 0) is 4.79 Å². The first-order chi connectivity index (χ1) is 15.0. The molecule has 0 bridgehead atoms. The second-order valence-electron chi connectivity index (χ2n) is 8.96. The van der Waals surface area contributed by atoms with Gasteiger partial charge in [0.25, 0.3) is 0 Å². The van der Waals surface area contributed by atoms with Crippen LogP contribution in [0.4, 0.5) is 0 Å². The van der Waals surface area contributed by atoms with E-state index < -0.39 is 0 Å². The Morgan fingerprint density at radius 2 is 2.03 bits per heavy atom. The van der Waals surface area contributed by atoms with Crippen LogP contribution in [0.5, 0.6) is 5.75 Å². The molecular formula is C24H39N5O2. The molecule has 2 unspecified atom stereocenters. The Morgan fingerprint density at radius 1 is 1.26 bits per heavy atom. The Hall–Kier alpha value is -2.28. The lowest BCUT2D eigenvalue weighted by molar-refractivity contribution is -0.135. The third-order valence-corrected chi connectivity index (χ3v) is 6.58. The van der Waals surface area contributed by atoms with Crippen molar-refractivity contribution in [3.05, 3.63) is 29.8 Å². The molecule has 2 aliphatic rings. The quantitative estimate of drug-likeness (QED) is 0.515. The van der Waals surface area contributed by atoms with Crippen molar-refractivity contribution in [2.24, 2.45) is 10.9 Å². The van der Waals surface area contributed by atoms with Gasteiger partial charge in [-0.1, -0.05) is 31.4 Å². The van der Waals surface area contributed by atoms with Gasteiger partial charge in [0.2, 0.25) is 5.91 Å². The van der Waals surface area contributed by atoms with Crippen LogP contribution in [0.1, 0.15) is 50.1 Å². The molecule has 1 heterocycles. The molecule has 172 valence electrons. The minimum absolute atomic E-state index is 0.182. The highest BCUT2D eigenvalue weighted by Crippen LogP contribution is 2.27. The maximum Gasteiger partial charge on any atom is 0.225 e. The van der Waals surface area contributed by atoms with Crippen molar-refractivity contribution in [3.8, 4) is 5.75 Å². The molecule has 0 radical (unpaired) electrons. The molecule has 1 amide bonds. The summed E-state index contributed by atoms with van der Waals surface area (Å²) in [5.74, 6) is 2.25. The summed E-state index contributed by atoms with van der Waals surface area (Å²) in [5, 5.41) is 7.00. The number of benzene rings is 1. The minimum atomic E-state index is 0.182. The summed E-state index contributed by atoms with van der Waals surface area (Å²) in [6, 6.07) is 8.61. The van der Waals surface area contributed by atoms with Crippen molar-refractivity contribution in [1.29, 1.82) is 0 Å². The Labute approximate surface area is 187 Å². The highest BCUT2D eigenvalue weighted by molar-refractivity contribution is 5.81. The molecule has 2 atom stereocenters. The Balaban J connectivity index is 1.52. The van der Waals surface area contributed by atoms with Gasteiger partial charge in [-0.3, -0.25) is 9.79 Å². The normalized spacial score (nSPS) is 21.3. The first kappa shape index (κ1) is 23.4. The van der Waals surface area contributed by atoms with Crippen LogP contribution in [0.15, 0.2) is 29.3 Å². The average Bonchev–Trinajstić information content (AvgIpc) is 3.27. The number of rotatable bonds is 7. The first-order valence-corrected chi connectivity index (χ1v) is 11.6. The highest BCUT2D eigenvalue weighted by Gasteiger charge is 2.31. The predicted octanol–water partition coefficient (Wildman–Crippen LogP) is 2.64. The van der Waals surface area contributed by atoms with E-state index in [0.717, 1.165) is 50.6 Å². The van der Waals surface area contributed by atoms with Crippen molar-refractivity contribution >= 4 is 11.9 Å². The van der Waals surface area contributed by atoms with E-state index in [-0.39, 0.29) is 18.0 Å².